The largest absolute Gasteiger partial charge is 0.313 e. The van der Waals surface area contributed by atoms with Crippen LogP contribution in [0.5, 0.6) is 0 Å². The standard InChI is InChI=1S/C14H16BrNS/c1-3-16-7-11-4-5-12(10(2)6-11)13-8-17-9-14(13)15/h4-6,8-9,16H,3,7H2,1-2H3. The highest BCUT2D eigenvalue weighted by atomic mass is 79.9. The molecule has 1 nitrogen and oxygen atoms in total. The normalized spacial score (nSPS) is 10.8. The summed E-state index contributed by atoms with van der Waals surface area (Å²) in [4.78, 5) is 0. The molecule has 17 heavy (non-hydrogen) atoms. The summed E-state index contributed by atoms with van der Waals surface area (Å²) < 4.78 is 1.19. The molecule has 0 spiro atoms. The van der Waals surface area contributed by atoms with Crippen LogP contribution >= 0.6 is 27.3 Å². The number of thiophene rings is 1. The van der Waals surface area contributed by atoms with Gasteiger partial charge in [0.15, 0.2) is 0 Å². The van der Waals surface area contributed by atoms with E-state index in [9.17, 15) is 0 Å². The van der Waals surface area contributed by atoms with Gasteiger partial charge in [0.25, 0.3) is 0 Å². The lowest BCUT2D eigenvalue weighted by Gasteiger charge is -2.08. The van der Waals surface area contributed by atoms with Crippen LogP contribution in [0.4, 0.5) is 0 Å². The monoisotopic (exact) mass is 309 g/mol. The summed E-state index contributed by atoms with van der Waals surface area (Å²) in [5.41, 5.74) is 5.29. The van der Waals surface area contributed by atoms with Crippen molar-refractivity contribution in [3.8, 4) is 11.1 Å². The molecule has 2 rings (SSSR count). The number of hydrogen-bond acceptors (Lipinski definition) is 2. The Bertz CT molecular complexity index is 505. The molecule has 0 aliphatic heterocycles. The molecule has 0 atom stereocenters. The molecule has 0 bridgehead atoms. The Balaban J connectivity index is 2.29. The van der Waals surface area contributed by atoms with E-state index in [0.29, 0.717) is 0 Å². The highest BCUT2D eigenvalue weighted by Crippen LogP contribution is 2.33. The van der Waals surface area contributed by atoms with Gasteiger partial charge in [-0.25, -0.2) is 0 Å². The van der Waals surface area contributed by atoms with Gasteiger partial charge in [-0.1, -0.05) is 25.1 Å². The van der Waals surface area contributed by atoms with E-state index in [1.54, 1.807) is 11.3 Å². The van der Waals surface area contributed by atoms with Crippen molar-refractivity contribution in [2.45, 2.75) is 20.4 Å². The molecule has 0 amide bonds. The van der Waals surface area contributed by atoms with Gasteiger partial charge in [-0.05, 0) is 51.5 Å². The minimum absolute atomic E-state index is 0.947. The summed E-state index contributed by atoms with van der Waals surface area (Å²) in [5, 5.41) is 7.67. The number of rotatable bonds is 4. The quantitative estimate of drug-likeness (QED) is 0.870. The van der Waals surface area contributed by atoms with Gasteiger partial charge in [-0.3, -0.25) is 0 Å². The van der Waals surface area contributed by atoms with E-state index in [1.807, 2.05) is 0 Å². The summed E-state index contributed by atoms with van der Waals surface area (Å²) in [7, 11) is 0. The molecule has 1 aromatic heterocycles. The van der Waals surface area contributed by atoms with Gasteiger partial charge >= 0.3 is 0 Å². The number of halogens is 1. The maximum Gasteiger partial charge on any atom is 0.0360 e. The molecule has 0 saturated heterocycles. The molecule has 90 valence electrons. The van der Waals surface area contributed by atoms with E-state index >= 15 is 0 Å². The van der Waals surface area contributed by atoms with E-state index < -0.39 is 0 Å². The van der Waals surface area contributed by atoms with Crippen LogP contribution in [0, 0.1) is 6.92 Å². The summed E-state index contributed by atoms with van der Waals surface area (Å²) in [6.07, 6.45) is 0. The lowest BCUT2D eigenvalue weighted by Crippen LogP contribution is -2.11. The third-order valence-electron chi connectivity index (χ3n) is 2.77. The zero-order valence-electron chi connectivity index (χ0n) is 10.1. The first-order valence-electron chi connectivity index (χ1n) is 5.74. The fraction of sp³-hybridized carbons (Fsp3) is 0.286. The average Bonchev–Trinajstić information content (AvgIpc) is 2.73. The van der Waals surface area contributed by atoms with Crippen molar-refractivity contribution < 1.29 is 0 Å². The molecule has 3 heteroatoms. The summed E-state index contributed by atoms with van der Waals surface area (Å²) >= 11 is 5.32. The van der Waals surface area contributed by atoms with Crippen LogP contribution in [0.2, 0.25) is 0 Å². The molecule has 0 radical (unpaired) electrons. The molecule has 2 aromatic rings. The Morgan fingerprint density at radius 1 is 1.24 bits per heavy atom. The fourth-order valence-electron chi connectivity index (χ4n) is 1.88. The molecule has 0 unspecified atom stereocenters. The van der Waals surface area contributed by atoms with E-state index in [-0.39, 0.29) is 0 Å². The first-order chi connectivity index (χ1) is 8.22. The maximum absolute atomic E-state index is 3.60. The second-order valence-corrected chi connectivity index (χ2v) is 5.66. The van der Waals surface area contributed by atoms with Crippen molar-refractivity contribution in [2.75, 3.05) is 6.54 Å². The predicted octanol–water partition coefficient (Wildman–Crippen LogP) is 4.60. The van der Waals surface area contributed by atoms with Gasteiger partial charge in [0, 0.05) is 22.0 Å². The van der Waals surface area contributed by atoms with Gasteiger partial charge in [0.05, 0.1) is 0 Å². The van der Waals surface area contributed by atoms with Crippen molar-refractivity contribution in [1.82, 2.24) is 5.32 Å². The van der Waals surface area contributed by atoms with Crippen LogP contribution < -0.4 is 5.32 Å². The van der Waals surface area contributed by atoms with Crippen LogP contribution in [-0.2, 0) is 6.54 Å². The summed E-state index contributed by atoms with van der Waals surface area (Å²) in [6.45, 7) is 6.26. The van der Waals surface area contributed by atoms with E-state index in [0.717, 1.165) is 13.1 Å². The van der Waals surface area contributed by atoms with Crippen molar-refractivity contribution >= 4 is 27.3 Å². The number of nitrogens with one attached hydrogen (secondary N) is 1. The van der Waals surface area contributed by atoms with Crippen LogP contribution in [0.3, 0.4) is 0 Å². The molecular formula is C14H16BrNS. The lowest BCUT2D eigenvalue weighted by atomic mass is 10.0. The second-order valence-electron chi connectivity index (χ2n) is 4.06. The Morgan fingerprint density at radius 3 is 2.65 bits per heavy atom. The van der Waals surface area contributed by atoms with E-state index in [1.165, 1.54) is 26.7 Å². The zero-order valence-corrected chi connectivity index (χ0v) is 12.5. The third-order valence-corrected chi connectivity index (χ3v) is 4.48. The molecule has 0 fully saturated rings. The van der Waals surface area contributed by atoms with E-state index in [2.05, 4.69) is 64.1 Å². The third kappa shape index (κ3) is 2.97. The Labute approximate surface area is 115 Å². The summed E-state index contributed by atoms with van der Waals surface area (Å²) in [5.74, 6) is 0. The van der Waals surface area contributed by atoms with Crippen molar-refractivity contribution in [2.24, 2.45) is 0 Å². The molecule has 1 heterocycles. The average molecular weight is 310 g/mol. The molecular weight excluding hydrogens is 294 g/mol. The van der Waals surface area contributed by atoms with Gasteiger partial charge < -0.3 is 5.32 Å². The maximum atomic E-state index is 3.60. The van der Waals surface area contributed by atoms with Crippen LogP contribution in [-0.4, -0.2) is 6.54 Å². The van der Waals surface area contributed by atoms with Gasteiger partial charge in [-0.15, -0.1) is 0 Å². The Hall–Kier alpha value is -0.640. The SMILES string of the molecule is CCNCc1ccc(-c2cscc2Br)c(C)c1. The molecule has 0 saturated carbocycles. The lowest BCUT2D eigenvalue weighted by molar-refractivity contribution is 0.726. The van der Waals surface area contributed by atoms with Gasteiger partial charge in [0.2, 0.25) is 0 Å². The molecule has 0 aliphatic rings. The fourth-order valence-corrected chi connectivity index (χ4v) is 3.39. The molecule has 1 aromatic carbocycles. The summed E-state index contributed by atoms with van der Waals surface area (Å²) in [6, 6.07) is 6.69. The number of hydrogen-bond donors (Lipinski definition) is 1. The first-order valence-corrected chi connectivity index (χ1v) is 7.48. The van der Waals surface area contributed by atoms with Gasteiger partial charge in [-0.2, -0.15) is 11.3 Å². The highest BCUT2D eigenvalue weighted by Gasteiger charge is 2.07. The van der Waals surface area contributed by atoms with Crippen molar-refractivity contribution in [3.63, 3.8) is 0 Å². The van der Waals surface area contributed by atoms with Gasteiger partial charge in [0.1, 0.15) is 0 Å². The first kappa shape index (κ1) is 12.8. The molecule has 0 aliphatic carbocycles. The van der Waals surface area contributed by atoms with Crippen LogP contribution in [0.1, 0.15) is 18.1 Å². The Morgan fingerprint density at radius 2 is 2.06 bits per heavy atom. The van der Waals surface area contributed by atoms with Crippen molar-refractivity contribution in [1.29, 1.82) is 0 Å². The minimum atomic E-state index is 0.947. The smallest absolute Gasteiger partial charge is 0.0360 e. The number of aryl methyl sites for hydroxylation is 1. The second kappa shape index (κ2) is 5.80. The number of benzene rings is 1. The molecule has 1 N–H and O–H groups in total. The zero-order chi connectivity index (χ0) is 12.3. The highest BCUT2D eigenvalue weighted by molar-refractivity contribution is 9.10. The van der Waals surface area contributed by atoms with Crippen LogP contribution in [0.15, 0.2) is 33.4 Å². The van der Waals surface area contributed by atoms with E-state index in [4.69, 9.17) is 0 Å². The Kier molecular flexibility index (Phi) is 4.37. The minimum Gasteiger partial charge on any atom is -0.313 e. The van der Waals surface area contributed by atoms with Crippen LogP contribution in [0.25, 0.3) is 11.1 Å². The predicted molar refractivity (Wildman–Crippen MR) is 79.6 cm³/mol. The topological polar surface area (TPSA) is 12.0 Å². The van der Waals surface area contributed by atoms with Crippen molar-refractivity contribution in [3.05, 3.63) is 44.6 Å².